The molecule has 0 aliphatic carbocycles. The predicted molar refractivity (Wildman–Crippen MR) is 117 cm³/mol. The van der Waals surface area contributed by atoms with Crippen LogP contribution < -0.4 is 10.7 Å². The van der Waals surface area contributed by atoms with Crippen LogP contribution in [0, 0.1) is 13.8 Å². The molecule has 0 bridgehead atoms. The number of rotatable bonds is 5. The molecule has 2 N–H and O–H groups in total. The van der Waals surface area contributed by atoms with Gasteiger partial charge in [-0.2, -0.15) is 0 Å². The summed E-state index contributed by atoms with van der Waals surface area (Å²) in [6, 6.07) is 16.0. The number of carbonyl (C=O) groups excluding carboxylic acids is 1. The Kier molecular flexibility index (Phi) is 5.58. The van der Waals surface area contributed by atoms with E-state index in [1.807, 2.05) is 35.9 Å². The fourth-order valence-corrected chi connectivity index (χ4v) is 4.46. The van der Waals surface area contributed by atoms with Gasteiger partial charge in [0.2, 0.25) is 11.1 Å². The lowest BCUT2D eigenvalue weighted by molar-refractivity contribution is -0.116. The summed E-state index contributed by atoms with van der Waals surface area (Å²) >= 11 is 1.46. The number of anilines is 1. The van der Waals surface area contributed by atoms with Crippen molar-refractivity contribution in [2.24, 2.45) is 0 Å². The Balaban J connectivity index is 1.65. The first kappa shape index (κ1) is 19.5. The Hall–Kier alpha value is -2.80. The van der Waals surface area contributed by atoms with Gasteiger partial charge in [0.25, 0.3) is 0 Å². The van der Waals surface area contributed by atoms with Gasteiger partial charge < -0.3 is 10.7 Å². The zero-order valence-corrected chi connectivity index (χ0v) is 17.7. The summed E-state index contributed by atoms with van der Waals surface area (Å²) in [5, 5.41) is 12.0. The maximum Gasteiger partial charge on any atom is 0.240 e. The van der Waals surface area contributed by atoms with E-state index in [4.69, 9.17) is 0 Å². The molecule has 29 heavy (non-hydrogen) atoms. The van der Waals surface area contributed by atoms with E-state index in [1.54, 1.807) is 0 Å². The van der Waals surface area contributed by atoms with Crippen molar-refractivity contribution >= 4 is 23.4 Å². The van der Waals surface area contributed by atoms with Crippen LogP contribution in [0.5, 0.6) is 0 Å². The molecule has 6 nitrogen and oxygen atoms in total. The highest BCUT2D eigenvalue weighted by atomic mass is 32.2. The number of carbonyl (C=O) groups is 1. The number of aryl methyl sites for hydroxylation is 3. The first-order chi connectivity index (χ1) is 14.0. The summed E-state index contributed by atoms with van der Waals surface area (Å²) in [7, 11) is 0. The monoisotopic (exact) mass is 407 g/mol. The average Bonchev–Trinajstić information content (AvgIpc) is 3.11. The minimum atomic E-state index is -0.370. The Labute approximate surface area is 175 Å². The van der Waals surface area contributed by atoms with E-state index in [-0.39, 0.29) is 17.2 Å². The van der Waals surface area contributed by atoms with Crippen molar-refractivity contribution in [1.29, 1.82) is 0 Å². The first-order valence-corrected chi connectivity index (χ1v) is 10.7. The second kappa shape index (κ2) is 8.29. The molecule has 2 unspecified atom stereocenters. The maximum absolute atomic E-state index is 13.2. The van der Waals surface area contributed by atoms with Crippen LogP contribution in [-0.4, -0.2) is 26.0 Å². The predicted octanol–water partition coefficient (Wildman–Crippen LogP) is 4.25. The molecule has 0 fully saturated rings. The third-order valence-electron chi connectivity index (χ3n) is 4.99. The summed E-state index contributed by atoms with van der Waals surface area (Å²) in [6.07, 6.45) is 1.82. The molecular formula is C22H25N5OS. The summed E-state index contributed by atoms with van der Waals surface area (Å²) in [6.45, 7) is 6.21. The lowest BCUT2D eigenvalue weighted by atomic mass is 10.0. The fourth-order valence-electron chi connectivity index (χ4n) is 3.36. The normalized spacial score (nSPS) is 18.0. The number of aromatic nitrogens is 3. The molecule has 4 rings (SSSR count). The quantitative estimate of drug-likeness (QED) is 0.662. The molecule has 0 spiro atoms. The first-order valence-electron chi connectivity index (χ1n) is 9.86. The summed E-state index contributed by atoms with van der Waals surface area (Å²) < 4.78 is 1.94. The number of nitrogens with one attached hydrogen (secondary N) is 2. The lowest BCUT2D eigenvalue weighted by Gasteiger charge is -2.33. The molecule has 1 aliphatic rings. The van der Waals surface area contributed by atoms with Gasteiger partial charge in [-0.15, -0.1) is 10.2 Å². The van der Waals surface area contributed by atoms with Crippen LogP contribution in [0.2, 0.25) is 0 Å². The molecule has 1 aliphatic heterocycles. The molecule has 7 heteroatoms. The highest BCUT2D eigenvalue weighted by Crippen LogP contribution is 2.37. The van der Waals surface area contributed by atoms with Crippen LogP contribution in [0.4, 0.5) is 5.69 Å². The van der Waals surface area contributed by atoms with Crippen molar-refractivity contribution in [3.8, 4) is 0 Å². The number of hydrogen-bond donors (Lipinski definition) is 2. The Morgan fingerprint density at radius 1 is 1.07 bits per heavy atom. The molecular weight excluding hydrogens is 382 g/mol. The van der Waals surface area contributed by atoms with Crippen molar-refractivity contribution in [3.05, 3.63) is 71.0 Å². The molecule has 150 valence electrons. The molecule has 0 saturated heterocycles. The minimum Gasteiger partial charge on any atom is -0.325 e. The van der Waals surface area contributed by atoms with Crippen LogP contribution >= 0.6 is 11.8 Å². The van der Waals surface area contributed by atoms with Crippen LogP contribution in [0.25, 0.3) is 0 Å². The van der Waals surface area contributed by atoms with Gasteiger partial charge in [0.1, 0.15) is 5.25 Å². The molecule has 2 aromatic carbocycles. The van der Waals surface area contributed by atoms with E-state index in [2.05, 4.69) is 59.1 Å². The van der Waals surface area contributed by atoms with E-state index < -0.39 is 0 Å². The molecule has 2 heterocycles. The minimum absolute atomic E-state index is 0.0526. The summed E-state index contributed by atoms with van der Waals surface area (Å²) in [4.78, 5) is 13.2. The summed E-state index contributed by atoms with van der Waals surface area (Å²) in [5.41, 5.74) is 7.71. The van der Waals surface area contributed by atoms with Crippen molar-refractivity contribution in [1.82, 2.24) is 14.9 Å². The van der Waals surface area contributed by atoms with Crippen molar-refractivity contribution in [2.75, 3.05) is 10.7 Å². The van der Waals surface area contributed by atoms with Crippen molar-refractivity contribution in [3.63, 3.8) is 0 Å². The average molecular weight is 408 g/mol. The summed E-state index contributed by atoms with van der Waals surface area (Å²) in [5.74, 6) is 0.840. The van der Waals surface area contributed by atoms with Gasteiger partial charge in [-0.25, -0.2) is 4.68 Å². The molecule has 1 amide bonds. The molecule has 3 aromatic rings. The van der Waals surface area contributed by atoms with Gasteiger partial charge in [-0.3, -0.25) is 4.79 Å². The van der Waals surface area contributed by atoms with Crippen LogP contribution in [-0.2, 0) is 11.2 Å². The zero-order chi connectivity index (χ0) is 20.4. The third-order valence-corrected chi connectivity index (χ3v) is 6.21. The van der Waals surface area contributed by atoms with E-state index in [0.717, 1.165) is 40.6 Å². The topological polar surface area (TPSA) is 71.8 Å². The van der Waals surface area contributed by atoms with Crippen molar-refractivity contribution < 1.29 is 4.79 Å². The van der Waals surface area contributed by atoms with E-state index >= 15 is 0 Å². The van der Waals surface area contributed by atoms with Gasteiger partial charge in [0, 0.05) is 12.1 Å². The van der Waals surface area contributed by atoms with Crippen LogP contribution in [0.3, 0.4) is 0 Å². The molecule has 2 atom stereocenters. The van der Waals surface area contributed by atoms with Gasteiger partial charge in [0.15, 0.2) is 5.82 Å². The molecule has 0 radical (unpaired) electrons. The SMILES string of the molecule is CCCc1nnc2n1NC(c1ccc(C)cc1)C(C(=O)Nc1ccc(C)cc1)S2. The Bertz CT molecular complexity index is 997. The molecule has 0 saturated carbocycles. The number of nitrogens with zero attached hydrogens (tertiary/aromatic N) is 3. The van der Waals surface area contributed by atoms with Gasteiger partial charge in [0.05, 0.1) is 6.04 Å². The van der Waals surface area contributed by atoms with Gasteiger partial charge >= 0.3 is 0 Å². The van der Waals surface area contributed by atoms with E-state index in [0.29, 0.717) is 0 Å². The highest BCUT2D eigenvalue weighted by molar-refractivity contribution is 8.00. The number of benzene rings is 2. The number of hydrogen-bond acceptors (Lipinski definition) is 5. The number of amides is 1. The second-order valence-corrected chi connectivity index (χ2v) is 8.50. The Morgan fingerprint density at radius 2 is 1.72 bits per heavy atom. The molecule has 1 aromatic heterocycles. The standard InChI is InChI=1S/C22H25N5OS/c1-4-5-18-24-25-22-27(18)26-19(16-10-6-14(2)7-11-16)20(29-22)21(28)23-17-12-8-15(3)9-13-17/h6-13,19-20,26H,4-5H2,1-3H3,(H,23,28). The lowest BCUT2D eigenvalue weighted by Crippen LogP contribution is -2.41. The van der Waals surface area contributed by atoms with Crippen LogP contribution in [0.15, 0.2) is 53.7 Å². The highest BCUT2D eigenvalue weighted by Gasteiger charge is 2.37. The van der Waals surface area contributed by atoms with E-state index in [9.17, 15) is 4.79 Å². The fraction of sp³-hybridized carbons (Fsp3) is 0.318. The zero-order valence-electron chi connectivity index (χ0n) is 16.8. The smallest absolute Gasteiger partial charge is 0.240 e. The number of thioether (sulfide) groups is 1. The largest absolute Gasteiger partial charge is 0.325 e. The van der Waals surface area contributed by atoms with Crippen molar-refractivity contribution in [2.45, 2.75) is 50.1 Å². The maximum atomic E-state index is 13.2. The van der Waals surface area contributed by atoms with Gasteiger partial charge in [-0.1, -0.05) is 66.2 Å². The Morgan fingerprint density at radius 3 is 2.38 bits per heavy atom. The van der Waals surface area contributed by atoms with Gasteiger partial charge in [-0.05, 0) is 38.0 Å². The third kappa shape index (κ3) is 4.15. The number of fused-ring (bicyclic) bond motifs is 1. The second-order valence-electron chi connectivity index (χ2n) is 7.40. The van der Waals surface area contributed by atoms with E-state index in [1.165, 1.54) is 17.3 Å². The van der Waals surface area contributed by atoms with Crippen LogP contribution in [0.1, 0.15) is 41.9 Å².